The lowest BCUT2D eigenvalue weighted by atomic mass is 10.1. The minimum absolute atomic E-state index is 0.0479. The molecule has 1 aliphatic rings. The summed E-state index contributed by atoms with van der Waals surface area (Å²) in [7, 11) is 0. The van der Waals surface area contributed by atoms with Crippen LogP contribution in [0.1, 0.15) is 20.7 Å². The Bertz CT molecular complexity index is 879. The van der Waals surface area contributed by atoms with E-state index in [9.17, 15) is 19.5 Å². The molecule has 0 fully saturated rings. The molecule has 7 nitrogen and oxygen atoms in total. The van der Waals surface area contributed by atoms with E-state index in [4.69, 9.17) is 9.47 Å². The van der Waals surface area contributed by atoms with Crippen LogP contribution >= 0.6 is 15.9 Å². The molecule has 128 valence electrons. The first-order valence-electron chi connectivity index (χ1n) is 7.19. The van der Waals surface area contributed by atoms with Crippen LogP contribution < -0.4 is 10.1 Å². The highest BCUT2D eigenvalue weighted by Gasteiger charge is 2.19. The lowest BCUT2D eigenvalue weighted by Crippen LogP contribution is -2.25. The molecule has 0 unspecified atom stereocenters. The SMILES string of the molecule is O=C1COc2ccc(C(=O)COC(=O)c3cc(Br)ccc3O)cc2N1. The number of phenols is 1. The van der Waals surface area contributed by atoms with Crippen LogP contribution in [0.15, 0.2) is 40.9 Å². The zero-order valence-corrected chi connectivity index (χ0v) is 14.3. The maximum atomic E-state index is 12.2. The molecule has 25 heavy (non-hydrogen) atoms. The third-order valence-electron chi connectivity index (χ3n) is 3.45. The van der Waals surface area contributed by atoms with Crippen molar-refractivity contribution in [3.63, 3.8) is 0 Å². The highest BCUT2D eigenvalue weighted by Crippen LogP contribution is 2.28. The third-order valence-corrected chi connectivity index (χ3v) is 3.94. The Hall–Kier alpha value is -2.87. The smallest absolute Gasteiger partial charge is 0.342 e. The van der Waals surface area contributed by atoms with Crippen LogP contribution in [0.4, 0.5) is 5.69 Å². The molecule has 0 spiro atoms. The summed E-state index contributed by atoms with van der Waals surface area (Å²) in [5.41, 5.74) is 0.599. The number of benzene rings is 2. The molecule has 2 aromatic rings. The van der Waals surface area contributed by atoms with Crippen LogP contribution in [0.3, 0.4) is 0 Å². The number of hydrogen-bond donors (Lipinski definition) is 2. The van der Waals surface area contributed by atoms with Gasteiger partial charge >= 0.3 is 5.97 Å². The second-order valence-electron chi connectivity index (χ2n) is 5.21. The number of ketones is 1. The van der Waals surface area contributed by atoms with Gasteiger partial charge in [-0.15, -0.1) is 0 Å². The number of fused-ring (bicyclic) bond motifs is 1. The molecule has 0 aromatic heterocycles. The molecular weight excluding hydrogens is 394 g/mol. The van der Waals surface area contributed by atoms with Crippen molar-refractivity contribution < 1.29 is 29.0 Å². The lowest BCUT2D eigenvalue weighted by Gasteiger charge is -2.18. The molecular formula is C17H12BrNO6. The largest absolute Gasteiger partial charge is 0.507 e. The highest BCUT2D eigenvalue weighted by atomic mass is 79.9. The Morgan fingerprint density at radius 2 is 2.04 bits per heavy atom. The fraction of sp³-hybridized carbons (Fsp3) is 0.118. The summed E-state index contributed by atoms with van der Waals surface area (Å²) >= 11 is 3.19. The fourth-order valence-corrected chi connectivity index (χ4v) is 2.58. The van der Waals surface area contributed by atoms with Gasteiger partial charge in [0.25, 0.3) is 5.91 Å². The minimum Gasteiger partial charge on any atom is -0.507 e. The predicted octanol–water partition coefficient (Wildman–Crippen LogP) is 2.53. The van der Waals surface area contributed by atoms with E-state index in [0.717, 1.165) is 0 Å². The average Bonchev–Trinajstić information content (AvgIpc) is 2.60. The van der Waals surface area contributed by atoms with Gasteiger partial charge in [-0.3, -0.25) is 9.59 Å². The molecule has 0 bridgehead atoms. The molecule has 3 rings (SSSR count). The van der Waals surface area contributed by atoms with Gasteiger partial charge in [0.2, 0.25) is 0 Å². The Morgan fingerprint density at radius 1 is 1.24 bits per heavy atom. The number of rotatable bonds is 4. The van der Waals surface area contributed by atoms with E-state index in [2.05, 4.69) is 21.2 Å². The fourth-order valence-electron chi connectivity index (χ4n) is 2.22. The number of amides is 1. The number of carbonyl (C=O) groups excluding carboxylic acids is 3. The van der Waals surface area contributed by atoms with E-state index in [1.165, 1.54) is 24.3 Å². The van der Waals surface area contributed by atoms with E-state index in [0.29, 0.717) is 15.9 Å². The maximum absolute atomic E-state index is 12.2. The summed E-state index contributed by atoms with van der Waals surface area (Å²) in [5.74, 6) is -1.36. The summed E-state index contributed by atoms with van der Waals surface area (Å²) in [6.07, 6.45) is 0. The van der Waals surface area contributed by atoms with Gasteiger partial charge < -0.3 is 19.9 Å². The molecule has 0 saturated heterocycles. The predicted molar refractivity (Wildman–Crippen MR) is 91.0 cm³/mol. The van der Waals surface area contributed by atoms with Crippen LogP contribution in [0.25, 0.3) is 0 Å². The van der Waals surface area contributed by atoms with Crippen molar-refractivity contribution in [2.75, 3.05) is 18.5 Å². The summed E-state index contributed by atoms with van der Waals surface area (Å²) in [6, 6.07) is 8.84. The van der Waals surface area contributed by atoms with Crippen molar-refractivity contribution in [3.05, 3.63) is 52.0 Å². The molecule has 0 atom stereocenters. The number of halogens is 1. The average molecular weight is 406 g/mol. The number of Topliss-reactive ketones (excluding diaryl/α,β-unsaturated/α-hetero) is 1. The molecule has 0 radical (unpaired) electrons. The molecule has 2 N–H and O–H groups in total. The first-order valence-corrected chi connectivity index (χ1v) is 7.99. The number of carbonyl (C=O) groups is 3. The van der Waals surface area contributed by atoms with Crippen LogP contribution in [-0.2, 0) is 9.53 Å². The molecule has 1 aliphatic heterocycles. The first kappa shape index (κ1) is 17.0. The van der Waals surface area contributed by atoms with Gasteiger partial charge in [-0.2, -0.15) is 0 Å². The number of ether oxygens (including phenoxy) is 2. The second kappa shape index (κ2) is 6.94. The molecule has 1 amide bonds. The topological polar surface area (TPSA) is 102 Å². The standard InChI is InChI=1S/C17H12BrNO6/c18-10-2-3-13(20)11(6-10)17(23)25-7-14(21)9-1-4-15-12(5-9)19-16(22)8-24-15/h1-6,20H,7-8H2,(H,19,22). The van der Waals surface area contributed by atoms with Gasteiger partial charge in [-0.1, -0.05) is 15.9 Å². The monoisotopic (exact) mass is 405 g/mol. The molecule has 0 aliphatic carbocycles. The van der Waals surface area contributed by atoms with Gasteiger partial charge in [0.1, 0.15) is 17.1 Å². The summed E-state index contributed by atoms with van der Waals surface area (Å²) in [4.78, 5) is 35.5. The number of anilines is 1. The molecule has 1 heterocycles. The molecule has 8 heteroatoms. The van der Waals surface area contributed by atoms with Crippen molar-refractivity contribution >= 4 is 39.3 Å². The number of aromatic hydroxyl groups is 1. The zero-order chi connectivity index (χ0) is 18.0. The normalized spacial score (nSPS) is 12.6. The van der Waals surface area contributed by atoms with Crippen LogP contribution in [-0.4, -0.2) is 36.0 Å². The molecule has 2 aromatic carbocycles. The Kier molecular flexibility index (Phi) is 4.71. The van der Waals surface area contributed by atoms with E-state index in [-0.39, 0.29) is 29.4 Å². The second-order valence-corrected chi connectivity index (χ2v) is 6.12. The van der Waals surface area contributed by atoms with E-state index >= 15 is 0 Å². The van der Waals surface area contributed by atoms with Crippen LogP contribution in [0.2, 0.25) is 0 Å². The van der Waals surface area contributed by atoms with E-state index in [1.807, 2.05) is 0 Å². The summed E-state index contributed by atoms with van der Waals surface area (Å²) in [5, 5.41) is 12.3. The van der Waals surface area contributed by atoms with Crippen molar-refractivity contribution in [3.8, 4) is 11.5 Å². The molecule has 0 saturated carbocycles. The van der Waals surface area contributed by atoms with Crippen LogP contribution in [0, 0.1) is 0 Å². The Labute approximate surface area is 150 Å². The van der Waals surface area contributed by atoms with Gasteiger partial charge in [-0.05, 0) is 36.4 Å². The lowest BCUT2D eigenvalue weighted by molar-refractivity contribution is -0.118. The van der Waals surface area contributed by atoms with Crippen molar-refractivity contribution in [2.24, 2.45) is 0 Å². The number of esters is 1. The van der Waals surface area contributed by atoms with Crippen molar-refractivity contribution in [1.29, 1.82) is 0 Å². The first-order chi connectivity index (χ1) is 11.9. The van der Waals surface area contributed by atoms with Gasteiger partial charge in [0, 0.05) is 10.0 Å². The summed E-state index contributed by atoms with van der Waals surface area (Å²) in [6.45, 7) is -0.577. The summed E-state index contributed by atoms with van der Waals surface area (Å²) < 4.78 is 10.8. The highest BCUT2D eigenvalue weighted by molar-refractivity contribution is 9.10. The number of nitrogens with one attached hydrogen (secondary N) is 1. The van der Waals surface area contributed by atoms with Gasteiger partial charge in [0.05, 0.1) is 5.69 Å². The quantitative estimate of drug-likeness (QED) is 0.598. The van der Waals surface area contributed by atoms with Gasteiger partial charge in [0.15, 0.2) is 19.0 Å². The van der Waals surface area contributed by atoms with E-state index in [1.54, 1.807) is 12.1 Å². The number of hydrogen-bond acceptors (Lipinski definition) is 6. The zero-order valence-electron chi connectivity index (χ0n) is 12.7. The third kappa shape index (κ3) is 3.80. The van der Waals surface area contributed by atoms with Gasteiger partial charge in [-0.25, -0.2) is 4.79 Å². The maximum Gasteiger partial charge on any atom is 0.342 e. The minimum atomic E-state index is -0.818. The van der Waals surface area contributed by atoms with Crippen molar-refractivity contribution in [2.45, 2.75) is 0 Å². The van der Waals surface area contributed by atoms with Crippen molar-refractivity contribution in [1.82, 2.24) is 0 Å². The van der Waals surface area contributed by atoms with E-state index < -0.39 is 18.4 Å². The van der Waals surface area contributed by atoms with Crippen LogP contribution in [0.5, 0.6) is 11.5 Å². The Morgan fingerprint density at radius 3 is 2.84 bits per heavy atom. The number of phenolic OH excluding ortho intramolecular Hbond substituents is 1. The Balaban J connectivity index is 1.68.